The number of hydrogen-bond donors (Lipinski definition) is 0. The van der Waals surface area contributed by atoms with E-state index >= 15 is 0 Å². The fourth-order valence-electron chi connectivity index (χ4n) is 3.87. The average molecular weight is 530 g/mol. The molecule has 0 atom stereocenters. The molecule has 2 aromatic rings. The third-order valence-electron chi connectivity index (χ3n) is 5.70. The van der Waals surface area contributed by atoms with Crippen LogP contribution in [0.4, 0.5) is 4.79 Å². The molecule has 10 heteroatoms. The Bertz CT molecular complexity index is 1230. The summed E-state index contributed by atoms with van der Waals surface area (Å²) >= 11 is 13.5. The molecule has 35 heavy (non-hydrogen) atoms. The van der Waals surface area contributed by atoms with Crippen molar-refractivity contribution >= 4 is 58.1 Å². The van der Waals surface area contributed by atoms with Gasteiger partial charge in [-0.05, 0) is 60.9 Å². The van der Waals surface area contributed by atoms with Crippen LogP contribution >= 0.6 is 35.0 Å². The van der Waals surface area contributed by atoms with E-state index < -0.39 is 11.1 Å². The number of ether oxygens (including phenoxy) is 1. The maximum atomic E-state index is 12.8. The van der Waals surface area contributed by atoms with E-state index in [1.165, 1.54) is 6.08 Å². The van der Waals surface area contributed by atoms with E-state index in [-0.39, 0.29) is 39.8 Å². The molecule has 4 rings (SSSR count). The van der Waals surface area contributed by atoms with Crippen molar-refractivity contribution in [3.05, 3.63) is 68.0 Å². The molecule has 0 radical (unpaired) electrons. The average Bonchev–Trinajstić information content (AvgIpc) is 3.11. The van der Waals surface area contributed by atoms with Crippen molar-refractivity contribution in [1.82, 2.24) is 9.80 Å². The first-order valence-corrected chi connectivity index (χ1v) is 12.6. The third kappa shape index (κ3) is 5.81. The number of halogens is 2. The van der Waals surface area contributed by atoms with Crippen molar-refractivity contribution in [2.45, 2.75) is 25.9 Å². The Labute approximate surface area is 217 Å². The number of carbonyl (C=O) groups excluding carboxylic acids is 3. The topological polar surface area (TPSA) is 90.7 Å². The maximum absolute atomic E-state index is 12.8. The summed E-state index contributed by atoms with van der Waals surface area (Å²) in [4.78, 5) is 40.6. The molecule has 2 aromatic carbocycles. The molecule has 2 fully saturated rings. The van der Waals surface area contributed by atoms with Gasteiger partial charge in [-0.2, -0.15) is 5.26 Å². The number of likely N-dealkylation sites (tertiary alicyclic amines) is 1. The van der Waals surface area contributed by atoms with Gasteiger partial charge in [-0.15, -0.1) is 0 Å². The van der Waals surface area contributed by atoms with Crippen molar-refractivity contribution in [2.75, 3.05) is 19.6 Å². The van der Waals surface area contributed by atoms with E-state index in [9.17, 15) is 19.6 Å². The summed E-state index contributed by atoms with van der Waals surface area (Å²) in [5.41, 5.74) is 1.70. The van der Waals surface area contributed by atoms with Crippen molar-refractivity contribution in [1.29, 1.82) is 5.26 Å². The fourth-order valence-corrected chi connectivity index (χ4v) is 5.32. The Morgan fingerprint density at radius 3 is 2.49 bits per heavy atom. The van der Waals surface area contributed by atoms with Crippen molar-refractivity contribution in [3.63, 3.8) is 0 Å². The highest BCUT2D eigenvalue weighted by atomic mass is 35.5. The minimum Gasteiger partial charge on any atom is -0.486 e. The van der Waals surface area contributed by atoms with E-state index in [0.717, 1.165) is 35.9 Å². The summed E-state index contributed by atoms with van der Waals surface area (Å²) in [5.74, 6) is -0.497. The normalized spacial score (nSPS) is 17.1. The number of benzene rings is 2. The largest absolute Gasteiger partial charge is 0.486 e. The van der Waals surface area contributed by atoms with Crippen LogP contribution in [-0.2, 0) is 16.2 Å². The highest BCUT2D eigenvalue weighted by Crippen LogP contribution is 2.38. The first-order valence-electron chi connectivity index (χ1n) is 11.0. The molecule has 2 heterocycles. The van der Waals surface area contributed by atoms with Gasteiger partial charge in [-0.3, -0.25) is 19.3 Å². The van der Waals surface area contributed by atoms with Crippen LogP contribution in [0, 0.1) is 11.3 Å². The van der Waals surface area contributed by atoms with E-state index in [0.29, 0.717) is 29.8 Å². The lowest BCUT2D eigenvalue weighted by Crippen LogP contribution is -2.44. The van der Waals surface area contributed by atoms with Gasteiger partial charge in [0.15, 0.2) is 5.75 Å². The predicted octanol–water partition coefficient (Wildman–Crippen LogP) is 5.49. The van der Waals surface area contributed by atoms with Crippen LogP contribution in [0.15, 0.2) is 41.3 Å². The molecule has 2 aliphatic heterocycles. The Morgan fingerprint density at radius 2 is 1.80 bits per heavy atom. The highest BCUT2D eigenvalue weighted by molar-refractivity contribution is 8.18. The zero-order valence-corrected chi connectivity index (χ0v) is 21.0. The second kappa shape index (κ2) is 11.2. The number of carbonyl (C=O) groups is 3. The lowest BCUT2D eigenvalue weighted by atomic mass is 10.1. The summed E-state index contributed by atoms with van der Waals surface area (Å²) in [6, 6.07) is 12.3. The number of nitriles is 1. The second-order valence-corrected chi connectivity index (χ2v) is 9.89. The van der Waals surface area contributed by atoms with Gasteiger partial charge in [0, 0.05) is 18.7 Å². The molecule has 0 spiro atoms. The highest BCUT2D eigenvalue weighted by Gasteiger charge is 2.37. The van der Waals surface area contributed by atoms with Crippen LogP contribution in [0.5, 0.6) is 5.75 Å². The molecular formula is C25H21Cl2N3O4S. The fraction of sp³-hybridized carbons (Fsp3) is 0.280. The van der Waals surface area contributed by atoms with Gasteiger partial charge in [0.2, 0.25) is 5.91 Å². The monoisotopic (exact) mass is 529 g/mol. The van der Waals surface area contributed by atoms with Crippen molar-refractivity contribution in [2.24, 2.45) is 0 Å². The Hall–Kier alpha value is -2.99. The van der Waals surface area contributed by atoms with Crippen LogP contribution in [0.3, 0.4) is 0 Å². The van der Waals surface area contributed by atoms with Crippen LogP contribution in [-0.4, -0.2) is 46.5 Å². The number of amides is 3. The summed E-state index contributed by atoms with van der Waals surface area (Å²) in [7, 11) is 0. The zero-order chi connectivity index (χ0) is 24.9. The van der Waals surface area contributed by atoms with Crippen LogP contribution in [0.2, 0.25) is 10.0 Å². The third-order valence-corrected chi connectivity index (χ3v) is 7.17. The van der Waals surface area contributed by atoms with Crippen LogP contribution < -0.4 is 4.74 Å². The number of rotatable bonds is 6. The van der Waals surface area contributed by atoms with Gasteiger partial charge in [-0.25, -0.2) is 0 Å². The van der Waals surface area contributed by atoms with E-state index in [4.69, 9.17) is 27.9 Å². The molecule has 0 saturated carbocycles. The van der Waals surface area contributed by atoms with Gasteiger partial charge in [0.25, 0.3) is 11.1 Å². The first-order chi connectivity index (χ1) is 16.9. The summed E-state index contributed by atoms with van der Waals surface area (Å²) in [5, 5.41) is 9.18. The van der Waals surface area contributed by atoms with Gasteiger partial charge < -0.3 is 9.64 Å². The smallest absolute Gasteiger partial charge is 0.294 e. The minimum absolute atomic E-state index is 0.104. The molecule has 0 bridgehead atoms. The summed E-state index contributed by atoms with van der Waals surface area (Å²) in [6.45, 7) is 1.14. The van der Waals surface area contributed by atoms with E-state index in [1.807, 2.05) is 0 Å². The maximum Gasteiger partial charge on any atom is 0.294 e. The molecule has 3 amide bonds. The molecular weight excluding hydrogens is 509 g/mol. The Kier molecular flexibility index (Phi) is 8.01. The number of imide groups is 1. The first kappa shape index (κ1) is 25.1. The second-order valence-electron chi connectivity index (χ2n) is 8.08. The molecule has 180 valence electrons. The number of thioether (sulfide) groups is 1. The van der Waals surface area contributed by atoms with Gasteiger partial charge in [0.1, 0.15) is 13.2 Å². The lowest BCUT2D eigenvalue weighted by molar-refractivity contribution is -0.136. The summed E-state index contributed by atoms with van der Waals surface area (Å²) < 4.78 is 5.77. The van der Waals surface area contributed by atoms with Gasteiger partial charge in [-0.1, -0.05) is 41.4 Å². The van der Waals surface area contributed by atoms with Crippen molar-refractivity contribution < 1.29 is 19.1 Å². The quantitative estimate of drug-likeness (QED) is 0.459. The van der Waals surface area contributed by atoms with Crippen LogP contribution in [0.1, 0.15) is 36.0 Å². The minimum atomic E-state index is -0.522. The van der Waals surface area contributed by atoms with E-state index in [2.05, 4.69) is 6.07 Å². The summed E-state index contributed by atoms with van der Waals surface area (Å²) in [6.07, 6.45) is 4.46. The molecule has 0 N–H and O–H groups in total. The molecule has 2 saturated heterocycles. The van der Waals surface area contributed by atoms with Gasteiger partial charge in [0.05, 0.1) is 26.6 Å². The molecule has 7 nitrogen and oxygen atoms in total. The standard InChI is InChI=1S/C25H21Cl2N3O4S/c26-19-10-16(11-20(27)23(19)34-15-18-7-3-2-6-17(18)13-28)12-21-24(32)30(25(33)35-21)14-22(31)29-8-4-1-5-9-29/h2-3,6-7,10-12H,1,4-5,8-9,14-15H2/b21-12-. The Morgan fingerprint density at radius 1 is 1.11 bits per heavy atom. The number of nitrogens with zero attached hydrogens (tertiary/aromatic N) is 3. The molecule has 0 aliphatic carbocycles. The lowest BCUT2D eigenvalue weighted by Gasteiger charge is -2.27. The predicted molar refractivity (Wildman–Crippen MR) is 135 cm³/mol. The molecule has 0 aromatic heterocycles. The Balaban J connectivity index is 1.46. The SMILES string of the molecule is N#Cc1ccccc1COc1c(Cl)cc(/C=C2\SC(=O)N(CC(=O)N3CCCCC3)C2=O)cc1Cl. The number of hydrogen-bond acceptors (Lipinski definition) is 6. The number of piperidine rings is 1. The zero-order valence-electron chi connectivity index (χ0n) is 18.6. The molecule has 0 unspecified atom stereocenters. The van der Waals surface area contributed by atoms with Crippen LogP contribution in [0.25, 0.3) is 6.08 Å². The molecule has 2 aliphatic rings. The van der Waals surface area contributed by atoms with Crippen molar-refractivity contribution in [3.8, 4) is 11.8 Å². The van der Waals surface area contributed by atoms with Gasteiger partial charge >= 0.3 is 0 Å². The van der Waals surface area contributed by atoms with E-state index in [1.54, 1.807) is 41.3 Å².